The molecule has 2 aromatic rings. The standard InChI is InChI=1S/C19H25N5O/c1-14-16(12-21-18(20)23-14)17(25)22-13-19(8-10-24(2)11-9-19)15-6-4-3-5-7-15/h3-7,12H,8-11,13H2,1-2H3,(H,22,25)(H2,20,21,23). The first-order valence-corrected chi connectivity index (χ1v) is 8.62. The highest BCUT2D eigenvalue weighted by molar-refractivity contribution is 5.95. The Morgan fingerprint density at radius 2 is 1.96 bits per heavy atom. The molecule has 3 rings (SSSR count). The van der Waals surface area contributed by atoms with Crippen LogP contribution in [0.1, 0.15) is 34.5 Å². The fourth-order valence-corrected chi connectivity index (χ4v) is 3.46. The van der Waals surface area contributed by atoms with Crippen LogP contribution in [0.3, 0.4) is 0 Å². The average molecular weight is 339 g/mol. The van der Waals surface area contributed by atoms with Crippen molar-refractivity contribution in [3.63, 3.8) is 0 Å². The highest BCUT2D eigenvalue weighted by atomic mass is 16.1. The zero-order chi connectivity index (χ0) is 17.9. The lowest BCUT2D eigenvalue weighted by molar-refractivity contribution is 0.0926. The molecule has 1 aromatic carbocycles. The minimum absolute atomic E-state index is 0.0357. The summed E-state index contributed by atoms with van der Waals surface area (Å²) in [6.07, 6.45) is 3.53. The number of nitrogens with one attached hydrogen (secondary N) is 1. The largest absolute Gasteiger partial charge is 0.368 e. The highest BCUT2D eigenvalue weighted by Crippen LogP contribution is 2.34. The number of nitrogen functional groups attached to an aromatic ring is 1. The van der Waals surface area contributed by atoms with Gasteiger partial charge in [-0.3, -0.25) is 4.79 Å². The Morgan fingerprint density at radius 1 is 1.28 bits per heavy atom. The summed E-state index contributed by atoms with van der Waals surface area (Å²) in [5.74, 6) is 0.0388. The number of hydrogen-bond donors (Lipinski definition) is 2. The van der Waals surface area contributed by atoms with Gasteiger partial charge in [0.1, 0.15) is 0 Å². The van der Waals surface area contributed by atoms with Crippen LogP contribution in [-0.2, 0) is 5.41 Å². The van der Waals surface area contributed by atoms with Gasteiger partial charge in [-0.25, -0.2) is 9.97 Å². The molecule has 1 amide bonds. The van der Waals surface area contributed by atoms with Gasteiger partial charge in [0.05, 0.1) is 11.3 Å². The first kappa shape index (κ1) is 17.4. The average Bonchev–Trinajstić information content (AvgIpc) is 2.62. The van der Waals surface area contributed by atoms with Crippen LogP contribution in [0.15, 0.2) is 36.5 Å². The van der Waals surface area contributed by atoms with Gasteiger partial charge < -0.3 is 16.0 Å². The van der Waals surface area contributed by atoms with Gasteiger partial charge in [0.15, 0.2) is 0 Å². The van der Waals surface area contributed by atoms with E-state index in [1.165, 1.54) is 11.8 Å². The van der Waals surface area contributed by atoms with Crippen LogP contribution in [0.5, 0.6) is 0 Å². The van der Waals surface area contributed by atoms with Gasteiger partial charge in [-0.2, -0.15) is 0 Å². The smallest absolute Gasteiger partial charge is 0.254 e. The third kappa shape index (κ3) is 3.79. The van der Waals surface area contributed by atoms with E-state index < -0.39 is 0 Å². The number of nitrogens with two attached hydrogens (primary N) is 1. The van der Waals surface area contributed by atoms with E-state index in [-0.39, 0.29) is 17.3 Å². The number of benzene rings is 1. The maximum Gasteiger partial charge on any atom is 0.254 e. The minimum Gasteiger partial charge on any atom is -0.368 e. The summed E-state index contributed by atoms with van der Waals surface area (Å²) in [4.78, 5) is 23.0. The number of amides is 1. The second-order valence-corrected chi connectivity index (χ2v) is 6.86. The second-order valence-electron chi connectivity index (χ2n) is 6.86. The van der Waals surface area contributed by atoms with Crippen LogP contribution < -0.4 is 11.1 Å². The molecule has 0 saturated carbocycles. The van der Waals surface area contributed by atoms with E-state index in [1.807, 2.05) is 6.07 Å². The molecule has 0 radical (unpaired) electrons. The zero-order valence-electron chi connectivity index (χ0n) is 14.8. The van der Waals surface area contributed by atoms with Crippen LogP contribution >= 0.6 is 0 Å². The van der Waals surface area contributed by atoms with E-state index >= 15 is 0 Å². The van der Waals surface area contributed by atoms with Crippen LogP contribution in [0, 0.1) is 6.92 Å². The van der Waals surface area contributed by atoms with Crippen molar-refractivity contribution in [2.45, 2.75) is 25.2 Å². The van der Waals surface area contributed by atoms with Gasteiger partial charge in [0, 0.05) is 18.2 Å². The number of likely N-dealkylation sites (tertiary alicyclic amines) is 1. The first-order chi connectivity index (χ1) is 12.0. The molecule has 2 heterocycles. The third-order valence-corrected chi connectivity index (χ3v) is 5.16. The summed E-state index contributed by atoms with van der Waals surface area (Å²) < 4.78 is 0. The lowest BCUT2D eigenvalue weighted by atomic mass is 9.72. The highest BCUT2D eigenvalue weighted by Gasteiger charge is 2.35. The van der Waals surface area contributed by atoms with Crippen molar-refractivity contribution in [3.05, 3.63) is 53.3 Å². The molecule has 0 spiro atoms. The SMILES string of the molecule is Cc1nc(N)ncc1C(=O)NCC1(c2ccccc2)CCN(C)CC1. The van der Waals surface area contributed by atoms with Gasteiger partial charge in [-0.15, -0.1) is 0 Å². The molecular formula is C19H25N5O. The van der Waals surface area contributed by atoms with Gasteiger partial charge in [0.2, 0.25) is 5.95 Å². The minimum atomic E-state index is -0.147. The molecule has 0 bridgehead atoms. The van der Waals surface area contributed by atoms with Crippen molar-refractivity contribution in [2.75, 3.05) is 32.4 Å². The Balaban J connectivity index is 1.78. The Labute approximate surface area is 148 Å². The van der Waals surface area contributed by atoms with Crippen LogP contribution in [-0.4, -0.2) is 47.5 Å². The molecule has 1 aliphatic rings. The van der Waals surface area contributed by atoms with Gasteiger partial charge in [0.25, 0.3) is 5.91 Å². The van der Waals surface area contributed by atoms with Crippen molar-refractivity contribution in [1.82, 2.24) is 20.2 Å². The van der Waals surface area contributed by atoms with E-state index in [9.17, 15) is 4.79 Å². The van der Waals surface area contributed by atoms with E-state index in [2.05, 4.69) is 51.5 Å². The van der Waals surface area contributed by atoms with E-state index in [0.717, 1.165) is 25.9 Å². The van der Waals surface area contributed by atoms with Gasteiger partial charge in [-0.05, 0) is 45.5 Å². The number of piperidine rings is 1. The van der Waals surface area contributed by atoms with Crippen molar-refractivity contribution in [2.24, 2.45) is 0 Å². The second kappa shape index (κ2) is 7.19. The summed E-state index contributed by atoms with van der Waals surface area (Å²) in [5, 5.41) is 3.10. The number of rotatable bonds is 4. The number of nitrogens with zero attached hydrogens (tertiary/aromatic N) is 3. The summed E-state index contributed by atoms with van der Waals surface area (Å²) in [7, 11) is 2.14. The molecule has 1 saturated heterocycles. The molecule has 1 aliphatic heterocycles. The predicted octanol–water partition coefficient (Wildman–Crippen LogP) is 1.76. The molecule has 6 heteroatoms. The Morgan fingerprint density at radius 3 is 2.60 bits per heavy atom. The maximum absolute atomic E-state index is 12.6. The lowest BCUT2D eigenvalue weighted by Gasteiger charge is -2.41. The van der Waals surface area contributed by atoms with Crippen LogP contribution in [0.25, 0.3) is 0 Å². The van der Waals surface area contributed by atoms with Crippen molar-refractivity contribution >= 4 is 11.9 Å². The molecule has 25 heavy (non-hydrogen) atoms. The Bertz CT molecular complexity index is 739. The summed E-state index contributed by atoms with van der Waals surface area (Å²) in [6, 6.07) is 10.5. The molecule has 1 aromatic heterocycles. The molecular weight excluding hydrogens is 314 g/mol. The predicted molar refractivity (Wildman–Crippen MR) is 98.4 cm³/mol. The molecule has 0 aliphatic carbocycles. The first-order valence-electron chi connectivity index (χ1n) is 8.62. The fraction of sp³-hybridized carbons (Fsp3) is 0.421. The number of aromatic nitrogens is 2. The summed E-state index contributed by atoms with van der Waals surface area (Å²) in [5.41, 5.74) is 7.90. The zero-order valence-corrected chi connectivity index (χ0v) is 14.8. The number of hydrogen-bond acceptors (Lipinski definition) is 5. The summed E-state index contributed by atoms with van der Waals surface area (Å²) >= 11 is 0. The normalized spacial score (nSPS) is 17.2. The van der Waals surface area contributed by atoms with Crippen molar-refractivity contribution in [3.8, 4) is 0 Å². The van der Waals surface area contributed by atoms with E-state index in [0.29, 0.717) is 17.8 Å². The molecule has 132 valence electrons. The quantitative estimate of drug-likeness (QED) is 0.887. The molecule has 1 fully saturated rings. The maximum atomic E-state index is 12.6. The molecule has 3 N–H and O–H groups in total. The van der Waals surface area contributed by atoms with Crippen LogP contribution in [0.2, 0.25) is 0 Å². The molecule has 0 unspecified atom stereocenters. The van der Waals surface area contributed by atoms with Crippen molar-refractivity contribution in [1.29, 1.82) is 0 Å². The van der Waals surface area contributed by atoms with E-state index in [4.69, 9.17) is 5.73 Å². The van der Waals surface area contributed by atoms with Crippen LogP contribution in [0.4, 0.5) is 5.95 Å². The summed E-state index contributed by atoms with van der Waals surface area (Å²) in [6.45, 7) is 4.42. The van der Waals surface area contributed by atoms with E-state index in [1.54, 1.807) is 6.92 Å². The Kier molecular flexibility index (Phi) is 4.99. The van der Waals surface area contributed by atoms with Gasteiger partial charge in [-0.1, -0.05) is 30.3 Å². The van der Waals surface area contributed by atoms with Crippen molar-refractivity contribution < 1.29 is 4.79 Å². The molecule has 0 atom stereocenters. The number of anilines is 1. The fourth-order valence-electron chi connectivity index (χ4n) is 3.46. The molecule has 6 nitrogen and oxygen atoms in total. The lowest BCUT2D eigenvalue weighted by Crippen LogP contribution is -2.48. The third-order valence-electron chi connectivity index (χ3n) is 5.16. The number of carbonyl (C=O) groups is 1. The Hall–Kier alpha value is -2.47. The number of aryl methyl sites for hydroxylation is 1. The topological polar surface area (TPSA) is 84.1 Å². The number of carbonyl (C=O) groups excluding carboxylic acids is 1. The monoisotopic (exact) mass is 339 g/mol. The van der Waals surface area contributed by atoms with Gasteiger partial charge >= 0.3 is 0 Å².